The van der Waals surface area contributed by atoms with Crippen molar-refractivity contribution in [3.63, 3.8) is 0 Å². The van der Waals surface area contributed by atoms with Crippen molar-refractivity contribution >= 4 is 11.7 Å². The summed E-state index contributed by atoms with van der Waals surface area (Å²) in [6, 6.07) is 6.26. The third-order valence-electron chi connectivity index (χ3n) is 2.25. The van der Waals surface area contributed by atoms with Gasteiger partial charge in [0.25, 0.3) is 0 Å². The van der Waals surface area contributed by atoms with Crippen LogP contribution in [0, 0.1) is 11.3 Å². The maximum Gasteiger partial charge on any atom is 0.337 e. The van der Waals surface area contributed by atoms with Crippen molar-refractivity contribution in [2.45, 2.75) is 0 Å². The molecule has 1 heterocycles. The van der Waals surface area contributed by atoms with Crippen molar-refractivity contribution in [2.75, 3.05) is 5.73 Å². The van der Waals surface area contributed by atoms with E-state index in [4.69, 9.17) is 16.1 Å². The third kappa shape index (κ3) is 1.81. The molecule has 0 saturated carbocycles. The van der Waals surface area contributed by atoms with Crippen LogP contribution in [0.1, 0.15) is 16.2 Å². The van der Waals surface area contributed by atoms with Crippen LogP contribution in [0.25, 0.3) is 5.69 Å². The summed E-state index contributed by atoms with van der Waals surface area (Å²) < 4.78 is 1.39. The molecule has 2 aromatic rings. The Kier molecular flexibility index (Phi) is 2.51. The van der Waals surface area contributed by atoms with Crippen molar-refractivity contribution in [1.82, 2.24) is 9.55 Å². The summed E-state index contributed by atoms with van der Waals surface area (Å²) in [5.74, 6) is -0.976. The Labute approximate surface area is 96.5 Å². The number of nitrogens with zero attached hydrogens (tertiary/aromatic N) is 3. The van der Waals surface area contributed by atoms with E-state index in [1.807, 2.05) is 6.07 Å². The molecule has 6 nitrogen and oxygen atoms in total. The lowest BCUT2D eigenvalue weighted by Crippen LogP contribution is -2.07. The molecule has 0 spiro atoms. The summed E-state index contributed by atoms with van der Waals surface area (Å²) in [5.41, 5.74) is 6.42. The third-order valence-corrected chi connectivity index (χ3v) is 2.25. The minimum Gasteiger partial charge on any atom is -0.478 e. The van der Waals surface area contributed by atoms with Gasteiger partial charge in [-0.05, 0) is 18.2 Å². The predicted molar refractivity (Wildman–Crippen MR) is 59.7 cm³/mol. The highest BCUT2D eigenvalue weighted by atomic mass is 16.4. The van der Waals surface area contributed by atoms with E-state index < -0.39 is 5.97 Å². The monoisotopic (exact) mass is 228 g/mol. The Morgan fingerprint density at radius 2 is 2.29 bits per heavy atom. The number of aromatic carboxylic acids is 1. The lowest BCUT2D eigenvalue weighted by atomic mass is 10.1. The van der Waals surface area contributed by atoms with Crippen LogP contribution >= 0.6 is 0 Å². The van der Waals surface area contributed by atoms with E-state index in [9.17, 15) is 4.79 Å². The van der Waals surface area contributed by atoms with Crippen LogP contribution in [0.3, 0.4) is 0 Å². The molecule has 0 amide bonds. The summed E-state index contributed by atoms with van der Waals surface area (Å²) >= 11 is 0. The van der Waals surface area contributed by atoms with Gasteiger partial charge in [0, 0.05) is 18.1 Å². The summed E-state index contributed by atoms with van der Waals surface area (Å²) in [4.78, 5) is 14.9. The quantitative estimate of drug-likeness (QED) is 0.746. The number of imidazole rings is 1. The van der Waals surface area contributed by atoms with Crippen LogP contribution in [0.15, 0.2) is 30.6 Å². The van der Waals surface area contributed by atoms with Gasteiger partial charge in [0.15, 0.2) is 0 Å². The maximum atomic E-state index is 11.1. The van der Waals surface area contributed by atoms with Gasteiger partial charge >= 0.3 is 5.97 Å². The Bertz CT molecular complexity index is 625. The molecule has 84 valence electrons. The minimum atomic E-state index is -1.09. The summed E-state index contributed by atoms with van der Waals surface area (Å²) in [6.45, 7) is 0. The summed E-state index contributed by atoms with van der Waals surface area (Å²) in [7, 11) is 0. The van der Waals surface area contributed by atoms with Crippen molar-refractivity contribution in [3.05, 3.63) is 42.0 Å². The molecule has 0 fully saturated rings. The molecule has 1 aromatic carbocycles. The number of benzene rings is 1. The van der Waals surface area contributed by atoms with Crippen LogP contribution in [0.2, 0.25) is 0 Å². The lowest BCUT2D eigenvalue weighted by molar-refractivity contribution is 0.0697. The fourth-order valence-electron chi connectivity index (χ4n) is 1.51. The fraction of sp³-hybridized carbons (Fsp3) is 0. The highest BCUT2D eigenvalue weighted by Crippen LogP contribution is 2.19. The van der Waals surface area contributed by atoms with E-state index in [1.165, 1.54) is 35.2 Å². The zero-order valence-corrected chi connectivity index (χ0v) is 8.66. The predicted octanol–water partition coefficient (Wildman–Crippen LogP) is 1.02. The van der Waals surface area contributed by atoms with Crippen LogP contribution < -0.4 is 5.73 Å². The number of hydrogen-bond acceptors (Lipinski definition) is 4. The van der Waals surface area contributed by atoms with Gasteiger partial charge in [0.05, 0.1) is 11.3 Å². The average Bonchev–Trinajstić information content (AvgIpc) is 2.76. The van der Waals surface area contributed by atoms with Gasteiger partial charge in [0.1, 0.15) is 6.07 Å². The van der Waals surface area contributed by atoms with E-state index in [0.29, 0.717) is 11.4 Å². The van der Waals surface area contributed by atoms with Crippen LogP contribution in [-0.2, 0) is 0 Å². The molecule has 0 saturated heterocycles. The molecule has 0 aliphatic heterocycles. The van der Waals surface area contributed by atoms with E-state index >= 15 is 0 Å². The number of carbonyl (C=O) groups is 1. The molecule has 0 atom stereocenters. The number of nitriles is 1. The largest absolute Gasteiger partial charge is 0.478 e. The number of carboxylic acids is 1. The van der Waals surface area contributed by atoms with E-state index in [-0.39, 0.29) is 11.4 Å². The molecule has 0 radical (unpaired) electrons. The van der Waals surface area contributed by atoms with Gasteiger partial charge in [-0.25, -0.2) is 9.78 Å². The fourth-order valence-corrected chi connectivity index (χ4v) is 1.51. The van der Waals surface area contributed by atoms with Gasteiger partial charge in [0.2, 0.25) is 5.82 Å². The van der Waals surface area contributed by atoms with Crippen molar-refractivity contribution < 1.29 is 9.90 Å². The molecule has 0 bridgehead atoms. The molecule has 17 heavy (non-hydrogen) atoms. The standard InChI is InChI=1S/C11H8N4O2/c12-6-10-14-3-4-15(10)9-5-7(13)1-2-8(9)11(16)17/h1-5H,13H2,(H,16,17). The zero-order chi connectivity index (χ0) is 12.4. The summed E-state index contributed by atoms with van der Waals surface area (Å²) in [6.07, 6.45) is 2.94. The lowest BCUT2D eigenvalue weighted by Gasteiger charge is -2.08. The van der Waals surface area contributed by atoms with E-state index in [2.05, 4.69) is 4.98 Å². The first kappa shape index (κ1) is 10.7. The highest BCUT2D eigenvalue weighted by molar-refractivity contribution is 5.92. The first-order valence-electron chi connectivity index (χ1n) is 4.70. The number of anilines is 1. The Balaban J connectivity index is 2.70. The summed E-state index contributed by atoms with van der Waals surface area (Å²) in [5, 5.41) is 17.9. The minimum absolute atomic E-state index is 0.0636. The van der Waals surface area contributed by atoms with Gasteiger partial charge in [-0.1, -0.05) is 0 Å². The average molecular weight is 228 g/mol. The molecule has 3 N–H and O–H groups in total. The Hall–Kier alpha value is -2.81. The zero-order valence-electron chi connectivity index (χ0n) is 8.66. The number of aromatic nitrogens is 2. The Morgan fingerprint density at radius 3 is 2.94 bits per heavy atom. The van der Waals surface area contributed by atoms with Gasteiger partial charge < -0.3 is 10.8 Å². The second-order valence-corrected chi connectivity index (χ2v) is 3.31. The highest BCUT2D eigenvalue weighted by Gasteiger charge is 2.14. The van der Waals surface area contributed by atoms with Gasteiger partial charge in [-0.15, -0.1) is 0 Å². The molecule has 6 heteroatoms. The maximum absolute atomic E-state index is 11.1. The first-order chi connectivity index (χ1) is 8.13. The SMILES string of the molecule is N#Cc1nccn1-c1cc(N)ccc1C(=O)O. The van der Waals surface area contributed by atoms with Gasteiger partial charge in [-0.2, -0.15) is 5.26 Å². The van der Waals surface area contributed by atoms with Crippen molar-refractivity contribution in [3.8, 4) is 11.8 Å². The van der Waals surface area contributed by atoms with Crippen LogP contribution in [0.4, 0.5) is 5.69 Å². The second kappa shape index (κ2) is 3.98. The van der Waals surface area contributed by atoms with Crippen LogP contribution in [-0.4, -0.2) is 20.6 Å². The molecule has 1 aromatic heterocycles. The number of hydrogen-bond donors (Lipinski definition) is 2. The first-order valence-corrected chi connectivity index (χ1v) is 4.70. The van der Waals surface area contributed by atoms with Gasteiger partial charge in [-0.3, -0.25) is 4.57 Å². The normalized spacial score (nSPS) is 9.82. The smallest absolute Gasteiger partial charge is 0.337 e. The number of nitrogen functional groups attached to an aromatic ring is 1. The molecule has 2 rings (SSSR count). The molecule has 0 aliphatic rings. The van der Waals surface area contributed by atoms with Crippen LogP contribution in [0.5, 0.6) is 0 Å². The molecular weight excluding hydrogens is 220 g/mol. The molecule has 0 aliphatic carbocycles. The molecule has 0 unspecified atom stereocenters. The van der Waals surface area contributed by atoms with E-state index in [1.54, 1.807) is 0 Å². The molecular formula is C11H8N4O2. The number of nitrogens with two attached hydrogens (primary N) is 1. The second-order valence-electron chi connectivity index (χ2n) is 3.31. The van der Waals surface area contributed by atoms with E-state index in [0.717, 1.165) is 0 Å². The topological polar surface area (TPSA) is 105 Å². The number of carboxylic acid groups (broad SMARTS) is 1. The number of rotatable bonds is 2. The van der Waals surface area contributed by atoms with Crippen molar-refractivity contribution in [2.24, 2.45) is 0 Å². The van der Waals surface area contributed by atoms with Crippen molar-refractivity contribution in [1.29, 1.82) is 5.26 Å². The Morgan fingerprint density at radius 1 is 1.53 bits per heavy atom.